The summed E-state index contributed by atoms with van der Waals surface area (Å²) in [5, 5.41) is 3.94. The highest BCUT2D eigenvalue weighted by Gasteiger charge is 2.04. The van der Waals surface area contributed by atoms with E-state index in [9.17, 15) is 4.79 Å². The van der Waals surface area contributed by atoms with Gasteiger partial charge in [0.2, 0.25) is 0 Å². The molecule has 20 heavy (non-hydrogen) atoms. The lowest BCUT2D eigenvalue weighted by molar-refractivity contribution is 0.0955. The summed E-state index contributed by atoms with van der Waals surface area (Å²) in [5.74, 6) is -0.220. The van der Waals surface area contributed by atoms with E-state index in [-0.39, 0.29) is 5.91 Å². The molecular formula is C14H14BrN3OS. The Bertz CT molecular complexity index is 620. The monoisotopic (exact) mass is 351 g/mol. The summed E-state index contributed by atoms with van der Waals surface area (Å²) in [7, 11) is 3.91. The zero-order chi connectivity index (χ0) is 14.5. The molecule has 0 spiro atoms. The summed E-state index contributed by atoms with van der Waals surface area (Å²) in [6.45, 7) is 0. The number of hydrogen-bond donors (Lipinski definition) is 1. The van der Waals surface area contributed by atoms with Crippen LogP contribution in [0.25, 0.3) is 0 Å². The van der Waals surface area contributed by atoms with E-state index in [1.54, 1.807) is 29.7 Å². The predicted molar refractivity (Wildman–Crippen MR) is 87.8 cm³/mol. The largest absolute Gasteiger partial charge is 0.378 e. The minimum atomic E-state index is -0.220. The topological polar surface area (TPSA) is 44.7 Å². The maximum absolute atomic E-state index is 11.9. The standard InChI is InChI=1S/C14H14BrN3OS/c1-18(2)11-5-3-10(4-6-11)14(19)17-16-9-12-7-8-13(15)20-12/h3-9H,1-2H3,(H,17,19). The lowest BCUT2D eigenvalue weighted by atomic mass is 10.2. The number of nitrogens with zero attached hydrogens (tertiary/aromatic N) is 2. The predicted octanol–water partition coefficient (Wildman–Crippen LogP) is 3.34. The molecule has 0 bridgehead atoms. The van der Waals surface area contributed by atoms with Crippen LogP contribution in [0.2, 0.25) is 0 Å². The number of anilines is 1. The van der Waals surface area contributed by atoms with Gasteiger partial charge in [0.25, 0.3) is 5.91 Å². The third-order valence-corrected chi connectivity index (χ3v) is 4.16. The molecule has 2 rings (SSSR count). The summed E-state index contributed by atoms with van der Waals surface area (Å²) in [6.07, 6.45) is 1.63. The van der Waals surface area contributed by atoms with Gasteiger partial charge < -0.3 is 4.90 Å². The minimum absolute atomic E-state index is 0.220. The van der Waals surface area contributed by atoms with Crippen molar-refractivity contribution in [3.8, 4) is 0 Å². The first-order valence-electron chi connectivity index (χ1n) is 5.92. The van der Waals surface area contributed by atoms with Crippen LogP contribution in [-0.4, -0.2) is 26.2 Å². The fourth-order valence-electron chi connectivity index (χ4n) is 1.53. The number of halogens is 1. The van der Waals surface area contributed by atoms with Gasteiger partial charge in [-0.3, -0.25) is 4.79 Å². The molecule has 0 saturated heterocycles. The first-order valence-corrected chi connectivity index (χ1v) is 7.53. The number of thiophene rings is 1. The smallest absolute Gasteiger partial charge is 0.271 e. The Morgan fingerprint density at radius 1 is 1.25 bits per heavy atom. The van der Waals surface area contributed by atoms with Gasteiger partial charge >= 0.3 is 0 Å². The lowest BCUT2D eigenvalue weighted by Gasteiger charge is -2.12. The molecule has 4 nitrogen and oxygen atoms in total. The fraction of sp³-hybridized carbons (Fsp3) is 0.143. The Morgan fingerprint density at radius 3 is 2.50 bits per heavy atom. The van der Waals surface area contributed by atoms with E-state index >= 15 is 0 Å². The van der Waals surface area contributed by atoms with Crippen LogP contribution in [0.1, 0.15) is 15.2 Å². The molecule has 0 aliphatic rings. The van der Waals surface area contributed by atoms with Crippen LogP contribution >= 0.6 is 27.3 Å². The number of carbonyl (C=O) groups is 1. The van der Waals surface area contributed by atoms with Crippen molar-refractivity contribution in [2.75, 3.05) is 19.0 Å². The molecule has 0 unspecified atom stereocenters. The fourth-order valence-corrected chi connectivity index (χ4v) is 2.82. The molecular weight excluding hydrogens is 338 g/mol. The Kier molecular flexibility index (Phi) is 4.92. The summed E-state index contributed by atoms with van der Waals surface area (Å²) in [6, 6.07) is 11.2. The minimum Gasteiger partial charge on any atom is -0.378 e. The van der Waals surface area contributed by atoms with Crippen molar-refractivity contribution in [1.29, 1.82) is 0 Å². The molecule has 6 heteroatoms. The number of hydrogen-bond acceptors (Lipinski definition) is 4. The summed E-state index contributed by atoms with van der Waals surface area (Å²) < 4.78 is 1.03. The van der Waals surface area contributed by atoms with Crippen LogP contribution in [0.5, 0.6) is 0 Å². The van der Waals surface area contributed by atoms with E-state index in [0.717, 1.165) is 14.4 Å². The molecule has 1 N–H and O–H groups in total. The number of benzene rings is 1. The Morgan fingerprint density at radius 2 is 1.95 bits per heavy atom. The third-order valence-electron chi connectivity index (χ3n) is 2.60. The maximum atomic E-state index is 11.9. The normalized spacial score (nSPS) is 10.8. The van der Waals surface area contributed by atoms with E-state index in [0.29, 0.717) is 5.56 Å². The first-order chi connectivity index (χ1) is 9.56. The highest BCUT2D eigenvalue weighted by atomic mass is 79.9. The summed E-state index contributed by atoms with van der Waals surface area (Å²) >= 11 is 4.92. The molecule has 1 aromatic carbocycles. The molecule has 1 amide bonds. The van der Waals surface area contributed by atoms with Crippen LogP contribution in [0.15, 0.2) is 45.3 Å². The van der Waals surface area contributed by atoms with Crippen molar-refractivity contribution in [3.63, 3.8) is 0 Å². The van der Waals surface area contributed by atoms with Gasteiger partial charge in [-0.15, -0.1) is 11.3 Å². The van der Waals surface area contributed by atoms with Crippen LogP contribution in [0, 0.1) is 0 Å². The molecule has 0 saturated carbocycles. The number of rotatable bonds is 4. The molecule has 1 aromatic heterocycles. The second-order valence-corrected chi connectivity index (χ2v) is 6.78. The number of carbonyl (C=O) groups excluding carboxylic acids is 1. The van der Waals surface area contributed by atoms with Crippen molar-refractivity contribution in [2.45, 2.75) is 0 Å². The molecule has 0 aliphatic carbocycles. The summed E-state index contributed by atoms with van der Waals surface area (Å²) in [4.78, 5) is 14.8. The van der Waals surface area contributed by atoms with Crippen LogP contribution in [-0.2, 0) is 0 Å². The SMILES string of the molecule is CN(C)c1ccc(C(=O)NN=Cc2ccc(Br)s2)cc1. The van der Waals surface area contributed by atoms with Gasteiger partial charge in [0.05, 0.1) is 10.0 Å². The molecule has 0 atom stereocenters. The molecule has 1 heterocycles. The quantitative estimate of drug-likeness (QED) is 0.678. The van der Waals surface area contributed by atoms with Crippen LogP contribution in [0.3, 0.4) is 0 Å². The Hall–Kier alpha value is -1.66. The second kappa shape index (κ2) is 6.67. The van der Waals surface area contributed by atoms with Crippen molar-refractivity contribution >= 4 is 45.1 Å². The Balaban J connectivity index is 1.96. The zero-order valence-electron chi connectivity index (χ0n) is 11.1. The highest BCUT2D eigenvalue weighted by Crippen LogP contribution is 2.20. The number of amides is 1. The van der Waals surface area contributed by atoms with E-state index < -0.39 is 0 Å². The lowest BCUT2D eigenvalue weighted by Crippen LogP contribution is -2.17. The van der Waals surface area contributed by atoms with E-state index in [1.807, 2.05) is 43.3 Å². The Labute approximate surface area is 130 Å². The van der Waals surface area contributed by atoms with E-state index in [1.165, 1.54) is 0 Å². The molecule has 0 aliphatic heterocycles. The van der Waals surface area contributed by atoms with Gasteiger partial charge in [-0.1, -0.05) is 0 Å². The molecule has 2 aromatic rings. The van der Waals surface area contributed by atoms with Gasteiger partial charge in [-0.05, 0) is 52.3 Å². The van der Waals surface area contributed by atoms with Crippen molar-refractivity contribution in [3.05, 3.63) is 50.6 Å². The van der Waals surface area contributed by atoms with Crippen molar-refractivity contribution in [2.24, 2.45) is 5.10 Å². The van der Waals surface area contributed by atoms with E-state index in [4.69, 9.17) is 0 Å². The summed E-state index contributed by atoms with van der Waals surface area (Å²) in [5.41, 5.74) is 4.15. The van der Waals surface area contributed by atoms with Gasteiger partial charge in [-0.2, -0.15) is 5.10 Å². The number of nitrogens with one attached hydrogen (secondary N) is 1. The molecule has 104 valence electrons. The van der Waals surface area contributed by atoms with Crippen molar-refractivity contribution in [1.82, 2.24) is 5.43 Å². The highest BCUT2D eigenvalue weighted by molar-refractivity contribution is 9.11. The number of hydrazone groups is 1. The van der Waals surface area contributed by atoms with Gasteiger partial charge in [0.15, 0.2) is 0 Å². The average molecular weight is 352 g/mol. The average Bonchev–Trinajstić information content (AvgIpc) is 2.84. The van der Waals surface area contributed by atoms with Crippen LogP contribution < -0.4 is 10.3 Å². The molecule has 0 radical (unpaired) electrons. The van der Waals surface area contributed by atoms with E-state index in [2.05, 4.69) is 26.5 Å². The molecule has 0 fully saturated rings. The third kappa shape index (κ3) is 3.91. The van der Waals surface area contributed by atoms with Gasteiger partial charge in [0.1, 0.15) is 0 Å². The first kappa shape index (κ1) is 14.7. The van der Waals surface area contributed by atoms with Crippen molar-refractivity contribution < 1.29 is 4.79 Å². The van der Waals surface area contributed by atoms with Gasteiger partial charge in [-0.25, -0.2) is 5.43 Å². The maximum Gasteiger partial charge on any atom is 0.271 e. The van der Waals surface area contributed by atoms with Crippen LogP contribution in [0.4, 0.5) is 5.69 Å². The second-order valence-electron chi connectivity index (χ2n) is 4.28. The zero-order valence-corrected chi connectivity index (χ0v) is 13.5. The van der Waals surface area contributed by atoms with Gasteiger partial charge in [0, 0.05) is 30.2 Å².